The molecule has 106 valence electrons. The molecule has 1 heterocycles. The summed E-state index contributed by atoms with van der Waals surface area (Å²) in [5.41, 5.74) is 2.45. The molecule has 0 radical (unpaired) electrons. The minimum Gasteiger partial charge on any atom is -0.364 e. The highest BCUT2D eigenvalue weighted by atomic mass is 19.4. The van der Waals surface area contributed by atoms with Crippen LogP contribution in [0.4, 0.5) is 17.6 Å². The van der Waals surface area contributed by atoms with Crippen LogP contribution in [0, 0.1) is 12.7 Å². The molecule has 1 aromatic carbocycles. The number of nitrogens with two attached hydrogens (primary N) is 1. The molecule has 0 unspecified atom stereocenters. The number of carbonyl (C=O) groups excluding carboxylic acids is 1. The number of nitrogens with one attached hydrogen (secondary N) is 1. The minimum atomic E-state index is -4.86. The average Bonchev–Trinajstić information content (AvgIpc) is 2.79. The van der Waals surface area contributed by atoms with Crippen LogP contribution in [0.1, 0.15) is 21.6 Å². The second-order valence-electron chi connectivity index (χ2n) is 4.06. The zero-order chi connectivity index (χ0) is 15.1. The lowest BCUT2D eigenvalue weighted by Crippen LogP contribution is -2.14. The first-order chi connectivity index (χ1) is 9.21. The van der Waals surface area contributed by atoms with Gasteiger partial charge in [0.05, 0.1) is 5.56 Å². The van der Waals surface area contributed by atoms with Gasteiger partial charge in [0.25, 0.3) is 5.91 Å². The largest absolute Gasteiger partial charge is 0.419 e. The van der Waals surface area contributed by atoms with Crippen LogP contribution in [0.3, 0.4) is 0 Å². The number of hydrogen-bond donors (Lipinski definition) is 2. The minimum absolute atomic E-state index is 0.159. The van der Waals surface area contributed by atoms with Crippen LogP contribution < -0.4 is 5.73 Å². The maximum atomic E-state index is 14.0. The first kappa shape index (κ1) is 14.0. The van der Waals surface area contributed by atoms with E-state index < -0.39 is 34.7 Å². The number of aromatic amines is 1. The molecule has 0 atom stereocenters. The zero-order valence-corrected chi connectivity index (χ0v) is 10.0. The summed E-state index contributed by atoms with van der Waals surface area (Å²) in [6.45, 7) is 1.36. The van der Waals surface area contributed by atoms with Gasteiger partial charge in [-0.15, -0.1) is 0 Å². The van der Waals surface area contributed by atoms with Gasteiger partial charge in [-0.1, -0.05) is 0 Å². The van der Waals surface area contributed by atoms with Crippen molar-refractivity contribution in [3.8, 4) is 11.3 Å². The Labute approximate surface area is 109 Å². The maximum absolute atomic E-state index is 14.0. The van der Waals surface area contributed by atoms with Gasteiger partial charge in [0.15, 0.2) is 5.69 Å². The van der Waals surface area contributed by atoms with E-state index >= 15 is 0 Å². The average molecular weight is 288 g/mol. The van der Waals surface area contributed by atoms with Crippen LogP contribution in [0.5, 0.6) is 0 Å². The Bertz CT molecular complexity index is 678. The predicted molar refractivity (Wildman–Crippen MR) is 60.0 cm³/mol. The highest BCUT2D eigenvalue weighted by Gasteiger charge is 2.36. The maximum Gasteiger partial charge on any atom is 0.419 e. The number of alkyl halides is 3. The molecular formula is C11H8F4N4O. The number of benzene rings is 1. The second kappa shape index (κ2) is 4.58. The van der Waals surface area contributed by atoms with E-state index in [1.165, 1.54) is 6.92 Å². The third-order valence-electron chi connectivity index (χ3n) is 2.56. The van der Waals surface area contributed by atoms with Gasteiger partial charge in [0, 0.05) is 5.56 Å². The Morgan fingerprint density at radius 3 is 2.50 bits per heavy atom. The van der Waals surface area contributed by atoms with Crippen molar-refractivity contribution in [3.05, 3.63) is 34.8 Å². The number of H-pyrrole nitrogens is 1. The van der Waals surface area contributed by atoms with Gasteiger partial charge in [-0.05, 0) is 24.6 Å². The smallest absolute Gasteiger partial charge is 0.364 e. The molecule has 0 saturated heterocycles. The summed E-state index contributed by atoms with van der Waals surface area (Å²) < 4.78 is 52.2. The van der Waals surface area contributed by atoms with Gasteiger partial charge in [-0.25, -0.2) is 4.39 Å². The third kappa shape index (κ3) is 2.33. The van der Waals surface area contributed by atoms with Crippen LogP contribution in [-0.2, 0) is 6.18 Å². The molecule has 0 saturated carbocycles. The second-order valence-corrected chi connectivity index (χ2v) is 4.06. The summed E-state index contributed by atoms with van der Waals surface area (Å²) in [6, 6.07) is 1.80. The van der Waals surface area contributed by atoms with Crippen molar-refractivity contribution in [3.63, 3.8) is 0 Å². The lowest BCUT2D eigenvalue weighted by molar-refractivity contribution is -0.139. The number of aryl methyl sites for hydroxylation is 1. The van der Waals surface area contributed by atoms with Crippen molar-refractivity contribution in [1.82, 2.24) is 15.4 Å². The number of carbonyl (C=O) groups is 1. The lowest BCUT2D eigenvalue weighted by atomic mass is 10.0. The predicted octanol–water partition coefficient (Wildman–Crippen LogP) is 2.04. The molecular weight excluding hydrogens is 280 g/mol. The normalized spacial score (nSPS) is 11.7. The van der Waals surface area contributed by atoms with E-state index in [2.05, 4.69) is 10.2 Å². The number of rotatable bonds is 2. The molecule has 1 aromatic heterocycles. The first-order valence-corrected chi connectivity index (χ1v) is 5.30. The van der Waals surface area contributed by atoms with Gasteiger partial charge in [-0.2, -0.15) is 28.6 Å². The van der Waals surface area contributed by atoms with E-state index in [1.54, 1.807) is 0 Å². The van der Waals surface area contributed by atoms with Gasteiger partial charge in [0.1, 0.15) is 11.5 Å². The molecule has 9 heteroatoms. The molecule has 1 amide bonds. The fourth-order valence-electron chi connectivity index (χ4n) is 1.74. The lowest BCUT2D eigenvalue weighted by Gasteiger charge is -2.12. The summed E-state index contributed by atoms with van der Waals surface area (Å²) in [5, 5.41) is 8.92. The number of primary amides is 1. The van der Waals surface area contributed by atoms with E-state index in [-0.39, 0.29) is 11.3 Å². The highest BCUT2D eigenvalue weighted by Crippen LogP contribution is 2.36. The molecule has 0 spiro atoms. The zero-order valence-electron chi connectivity index (χ0n) is 10.0. The van der Waals surface area contributed by atoms with Crippen molar-refractivity contribution in [2.24, 2.45) is 5.73 Å². The van der Waals surface area contributed by atoms with Crippen molar-refractivity contribution >= 4 is 5.91 Å². The standard InChI is InChI=1S/C11H8F4N4O/c1-4-2-5(7(12)6(3-4)11(13,14)15)8-9(10(16)20)18-19-17-8/h2-3H,1H3,(H2,16,20)(H,17,18,19). The van der Waals surface area contributed by atoms with Crippen LogP contribution in [0.15, 0.2) is 12.1 Å². The number of hydrogen-bond acceptors (Lipinski definition) is 3. The third-order valence-corrected chi connectivity index (χ3v) is 2.56. The van der Waals surface area contributed by atoms with Crippen LogP contribution in [-0.4, -0.2) is 21.3 Å². The number of nitrogens with zero attached hydrogens (tertiary/aromatic N) is 2. The van der Waals surface area contributed by atoms with E-state index in [1.807, 2.05) is 5.21 Å². The fourth-order valence-corrected chi connectivity index (χ4v) is 1.74. The van der Waals surface area contributed by atoms with E-state index in [9.17, 15) is 22.4 Å². The molecule has 0 aliphatic heterocycles. The fraction of sp³-hybridized carbons (Fsp3) is 0.182. The Hall–Kier alpha value is -2.45. The molecule has 0 bridgehead atoms. The Morgan fingerprint density at radius 2 is 1.95 bits per heavy atom. The molecule has 0 aliphatic rings. The van der Waals surface area contributed by atoms with Crippen molar-refractivity contribution < 1.29 is 22.4 Å². The molecule has 20 heavy (non-hydrogen) atoms. The quantitative estimate of drug-likeness (QED) is 0.829. The SMILES string of the molecule is Cc1cc(-c2n[nH]nc2C(N)=O)c(F)c(C(F)(F)F)c1. The van der Waals surface area contributed by atoms with Crippen molar-refractivity contribution in [1.29, 1.82) is 0 Å². The van der Waals surface area contributed by atoms with E-state index in [4.69, 9.17) is 5.73 Å². The molecule has 2 rings (SSSR count). The number of aromatic nitrogens is 3. The van der Waals surface area contributed by atoms with Crippen LogP contribution in [0.2, 0.25) is 0 Å². The number of amides is 1. The Balaban J connectivity index is 2.72. The molecule has 2 aromatic rings. The molecule has 0 aliphatic carbocycles. The highest BCUT2D eigenvalue weighted by molar-refractivity contribution is 5.96. The molecule has 0 fully saturated rings. The first-order valence-electron chi connectivity index (χ1n) is 5.30. The van der Waals surface area contributed by atoms with Crippen LogP contribution in [0.25, 0.3) is 11.3 Å². The van der Waals surface area contributed by atoms with Gasteiger partial charge < -0.3 is 5.73 Å². The topological polar surface area (TPSA) is 84.7 Å². The van der Waals surface area contributed by atoms with Crippen LogP contribution >= 0.6 is 0 Å². The summed E-state index contributed by atoms with van der Waals surface area (Å²) in [7, 11) is 0. The van der Waals surface area contributed by atoms with Gasteiger partial charge >= 0.3 is 6.18 Å². The van der Waals surface area contributed by atoms with Crippen molar-refractivity contribution in [2.75, 3.05) is 0 Å². The summed E-state index contributed by atoms with van der Waals surface area (Å²) in [5.74, 6) is -2.55. The Kier molecular flexibility index (Phi) is 3.20. The van der Waals surface area contributed by atoms with Crippen molar-refractivity contribution in [2.45, 2.75) is 13.1 Å². The van der Waals surface area contributed by atoms with Gasteiger partial charge in [0.2, 0.25) is 0 Å². The Morgan fingerprint density at radius 1 is 1.30 bits per heavy atom. The summed E-state index contributed by atoms with van der Waals surface area (Å²) in [4.78, 5) is 11.1. The summed E-state index contributed by atoms with van der Waals surface area (Å²) >= 11 is 0. The van der Waals surface area contributed by atoms with E-state index in [0.29, 0.717) is 6.07 Å². The van der Waals surface area contributed by atoms with Gasteiger partial charge in [-0.3, -0.25) is 4.79 Å². The summed E-state index contributed by atoms with van der Waals surface area (Å²) in [6.07, 6.45) is -4.86. The number of halogens is 4. The molecule has 5 nitrogen and oxygen atoms in total. The molecule has 3 N–H and O–H groups in total. The van der Waals surface area contributed by atoms with E-state index in [0.717, 1.165) is 6.07 Å². The monoisotopic (exact) mass is 288 g/mol.